The van der Waals surface area contributed by atoms with E-state index in [9.17, 15) is 0 Å². The molecule has 0 saturated heterocycles. The van der Waals surface area contributed by atoms with Gasteiger partial charge in [0.1, 0.15) is 0 Å². The summed E-state index contributed by atoms with van der Waals surface area (Å²) in [6, 6.07) is 9.23. The van der Waals surface area contributed by atoms with Crippen LogP contribution >= 0.6 is 11.3 Å². The second-order valence-electron chi connectivity index (χ2n) is 3.79. The second-order valence-corrected chi connectivity index (χ2v) is 4.71. The van der Waals surface area contributed by atoms with Gasteiger partial charge in [-0.05, 0) is 22.4 Å². The summed E-state index contributed by atoms with van der Waals surface area (Å²) in [6.07, 6.45) is 0. The lowest BCUT2D eigenvalue weighted by molar-refractivity contribution is 0.591. The summed E-state index contributed by atoms with van der Waals surface area (Å²) in [6.45, 7) is 5.32. The zero-order chi connectivity index (χ0) is 9.97. The number of fused-ring (bicyclic) bond motifs is 1. The lowest BCUT2D eigenvalue weighted by atomic mass is 10.1. The predicted octanol–water partition coefficient (Wildman–Crippen LogP) is 3.40. The molecule has 1 heterocycles. The van der Waals surface area contributed by atoms with Gasteiger partial charge >= 0.3 is 0 Å². The summed E-state index contributed by atoms with van der Waals surface area (Å²) >= 11 is 1.83. The molecule has 1 nitrogen and oxygen atoms in total. The van der Waals surface area contributed by atoms with Crippen LogP contribution in [0.15, 0.2) is 29.6 Å². The molecule has 0 saturated carbocycles. The average Bonchev–Trinajstić information content (AvgIpc) is 2.62. The Labute approximate surface area is 88.8 Å². The van der Waals surface area contributed by atoms with Crippen molar-refractivity contribution >= 4 is 21.4 Å². The van der Waals surface area contributed by atoms with Crippen LogP contribution in [0.2, 0.25) is 0 Å². The van der Waals surface area contributed by atoms with Crippen molar-refractivity contribution in [3.63, 3.8) is 0 Å². The van der Waals surface area contributed by atoms with Crippen LogP contribution in [0.5, 0.6) is 0 Å². The van der Waals surface area contributed by atoms with E-state index >= 15 is 0 Å². The summed E-state index contributed by atoms with van der Waals surface area (Å²) in [4.78, 5) is 0. The van der Waals surface area contributed by atoms with Crippen LogP contribution in [0.4, 0.5) is 0 Å². The summed E-state index contributed by atoms with van der Waals surface area (Å²) < 4.78 is 1.42. The first-order chi connectivity index (χ1) is 6.77. The minimum Gasteiger partial charge on any atom is -0.310 e. The highest BCUT2D eigenvalue weighted by molar-refractivity contribution is 7.17. The topological polar surface area (TPSA) is 12.0 Å². The molecule has 0 radical (unpaired) electrons. The summed E-state index contributed by atoms with van der Waals surface area (Å²) in [7, 11) is 0. The Morgan fingerprint density at radius 1 is 1.29 bits per heavy atom. The Morgan fingerprint density at radius 3 is 2.93 bits per heavy atom. The molecule has 2 rings (SSSR count). The second kappa shape index (κ2) is 4.11. The van der Waals surface area contributed by atoms with E-state index in [1.807, 2.05) is 11.3 Å². The van der Waals surface area contributed by atoms with E-state index in [4.69, 9.17) is 0 Å². The molecular formula is C12H15NS. The number of rotatable bonds is 3. The minimum atomic E-state index is 0.546. The van der Waals surface area contributed by atoms with Crippen LogP contribution in [0.1, 0.15) is 19.4 Å². The van der Waals surface area contributed by atoms with E-state index in [1.165, 1.54) is 15.6 Å². The van der Waals surface area contributed by atoms with Crippen molar-refractivity contribution in [3.05, 3.63) is 35.2 Å². The molecule has 2 aromatic rings. The molecule has 0 atom stereocenters. The van der Waals surface area contributed by atoms with Gasteiger partial charge in [0.05, 0.1) is 0 Å². The molecule has 74 valence electrons. The van der Waals surface area contributed by atoms with Gasteiger partial charge in [0, 0.05) is 17.3 Å². The number of nitrogens with one attached hydrogen (secondary N) is 1. The first-order valence-electron chi connectivity index (χ1n) is 4.96. The molecule has 0 spiro atoms. The van der Waals surface area contributed by atoms with Gasteiger partial charge in [-0.1, -0.05) is 32.0 Å². The Hall–Kier alpha value is -0.860. The van der Waals surface area contributed by atoms with Crippen LogP contribution in [0.25, 0.3) is 10.1 Å². The highest BCUT2D eigenvalue weighted by Crippen LogP contribution is 2.24. The van der Waals surface area contributed by atoms with Crippen molar-refractivity contribution in [2.45, 2.75) is 26.4 Å². The van der Waals surface area contributed by atoms with Crippen molar-refractivity contribution in [1.82, 2.24) is 5.32 Å². The van der Waals surface area contributed by atoms with Crippen LogP contribution in [-0.2, 0) is 6.54 Å². The Bertz CT molecular complexity index is 417. The molecule has 14 heavy (non-hydrogen) atoms. The van der Waals surface area contributed by atoms with E-state index in [-0.39, 0.29) is 0 Å². The lowest BCUT2D eigenvalue weighted by Gasteiger charge is -2.08. The fourth-order valence-corrected chi connectivity index (χ4v) is 2.42. The van der Waals surface area contributed by atoms with Gasteiger partial charge in [-0.3, -0.25) is 0 Å². The van der Waals surface area contributed by atoms with Gasteiger partial charge in [0.25, 0.3) is 0 Å². The maximum atomic E-state index is 3.45. The van der Waals surface area contributed by atoms with Crippen LogP contribution in [0.3, 0.4) is 0 Å². The van der Waals surface area contributed by atoms with E-state index in [2.05, 4.69) is 48.8 Å². The third-order valence-electron chi connectivity index (χ3n) is 2.26. The zero-order valence-corrected chi connectivity index (χ0v) is 9.40. The Balaban J connectivity index is 2.27. The van der Waals surface area contributed by atoms with Crippen LogP contribution in [0, 0.1) is 0 Å². The third-order valence-corrected chi connectivity index (χ3v) is 3.27. The zero-order valence-electron chi connectivity index (χ0n) is 8.58. The molecule has 0 fully saturated rings. The Kier molecular flexibility index (Phi) is 2.85. The smallest absolute Gasteiger partial charge is 0.0387 e. The maximum absolute atomic E-state index is 3.45. The van der Waals surface area contributed by atoms with Crippen molar-refractivity contribution in [2.24, 2.45) is 0 Å². The monoisotopic (exact) mass is 205 g/mol. The number of benzene rings is 1. The average molecular weight is 205 g/mol. The predicted molar refractivity (Wildman–Crippen MR) is 63.8 cm³/mol. The van der Waals surface area contributed by atoms with Gasteiger partial charge in [-0.15, -0.1) is 11.3 Å². The quantitative estimate of drug-likeness (QED) is 0.809. The van der Waals surface area contributed by atoms with E-state index < -0.39 is 0 Å². The van der Waals surface area contributed by atoms with Crippen molar-refractivity contribution in [1.29, 1.82) is 0 Å². The van der Waals surface area contributed by atoms with Gasteiger partial charge in [0.2, 0.25) is 0 Å². The minimum absolute atomic E-state index is 0.546. The van der Waals surface area contributed by atoms with Gasteiger partial charge in [-0.25, -0.2) is 0 Å². The standard InChI is InChI=1S/C12H15NS/c1-9(2)13-8-11-5-3-4-10-6-7-14-12(10)11/h3-7,9,13H,8H2,1-2H3. The van der Waals surface area contributed by atoms with Crippen LogP contribution in [-0.4, -0.2) is 6.04 Å². The molecule has 0 unspecified atom stereocenters. The first-order valence-corrected chi connectivity index (χ1v) is 5.84. The number of hydrogen-bond acceptors (Lipinski definition) is 2. The number of thiophene rings is 1. The lowest BCUT2D eigenvalue weighted by Crippen LogP contribution is -2.21. The first kappa shape index (κ1) is 9.69. The molecular weight excluding hydrogens is 190 g/mol. The number of hydrogen-bond donors (Lipinski definition) is 1. The van der Waals surface area contributed by atoms with Crippen molar-refractivity contribution in [3.8, 4) is 0 Å². The van der Waals surface area contributed by atoms with Crippen molar-refractivity contribution < 1.29 is 0 Å². The third kappa shape index (κ3) is 1.97. The van der Waals surface area contributed by atoms with Gasteiger partial charge in [0.15, 0.2) is 0 Å². The molecule has 1 N–H and O–H groups in total. The summed E-state index contributed by atoms with van der Waals surface area (Å²) in [5.74, 6) is 0. The molecule has 0 aliphatic heterocycles. The highest BCUT2D eigenvalue weighted by atomic mass is 32.1. The van der Waals surface area contributed by atoms with E-state index in [0.29, 0.717) is 6.04 Å². The molecule has 0 aliphatic rings. The summed E-state index contributed by atoms with van der Waals surface area (Å²) in [5.41, 5.74) is 1.41. The SMILES string of the molecule is CC(C)NCc1cccc2ccsc12. The van der Waals surface area contributed by atoms with Gasteiger partial charge < -0.3 is 5.32 Å². The van der Waals surface area contributed by atoms with Crippen LogP contribution < -0.4 is 5.32 Å². The summed E-state index contributed by atoms with van der Waals surface area (Å²) in [5, 5.41) is 6.97. The molecule has 0 amide bonds. The van der Waals surface area contributed by atoms with Gasteiger partial charge in [-0.2, -0.15) is 0 Å². The van der Waals surface area contributed by atoms with E-state index in [1.54, 1.807) is 0 Å². The van der Waals surface area contributed by atoms with Crippen molar-refractivity contribution in [2.75, 3.05) is 0 Å². The maximum Gasteiger partial charge on any atom is 0.0387 e. The highest BCUT2D eigenvalue weighted by Gasteiger charge is 2.01. The fourth-order valence-electron chi connectivity index (χ4n) is 1.51. The molecule has 0 aliphatic carbocycles. The Morgan fingerprint density at radius 2 is 2.14 bits per heavy atom. The fraction of sp³-hybridized carbons (Fsp3) is 0.333. The molecule has 1 aromatic carbocycles. The largest absolute Gasteiger partial charge is 0.310 e. The normalized spacial score (nSPS) is 11.4. The van der Waals surface area contributed by atoms with E-state index in [0.717, 1.165) is 6.54 Å². The molecule has 1 aromatic heterocycles. The molecule has 2 heteroatoms. The molecule has 0 bridgehead atoms.